The smallest absolute Gasteiger partial charge is 0.335 e. The van der Waals surface area contributed by atoms with Gasteiger partial charge in [-0.05, 0) is 105 Å². The molecule has 3 aromatic rings. The summed E-state index contributed by atoms with van der Waals surface area (Å²) in [7, 11) is 2.52. The van der Waals surface area contributed by atoms with Crippen LogP contribution < -0.4 is 0 Å². The Hall–Kier alpha value is -6.04. The molecule has 0 saturated carbocycles. The van der Waals surface area contributed by atoms with E-state index in [0.29, 0.717) is 39.4 Å². The molecule has 0 radical (unpaired) electrons. The van der Waals surface area contributed by atoms with Crippen LogP contribution in [-0.4, -0.2) is 68.2 Å². The van der Waals surface area contributed by atoms with Gasteiger partial charge in [0.2, 0.25) is 0 Å². The van der Waals surface area contributed by atoms with Crippen LogP contribution in [0.2, 0.25) is 0 Å². The van der Waals surface area contributed by atoms with Crippen molar-refractivity contribution in [3.05, 3.63) is 93.1 Å². The molecule has 0 aromatic carbocycles. The molecule has 1 unspecified atom stereocenters. The Kier molecular flexibility index (Phi) is 9.35. The molecule has 0 saturated heterocycles. The Morgan fingerprint density at radius 2 is 1.44 bits per heavy atom. The van der Waals surface area contributed by atoms with Gasteiger partial charge in [0.05, 0.1) is 53.6 Å². The Morgan fingerprint density at radius 1 is 0.827 bits per heavy atom. The molecular formula is C40H40N4O8. The summed E-state index contributed by atoms with van der Waals surface area (Å²) in [5.41, 5.74) is 9.54. The second-order valence-electron chi connectivity index (χ2n) is 13.3. The molecule has 4 N–H and O–H groups in total. The fourth-order valence-corrected chi connectivity index (χ4v) is 7.56. The second kappa shape index (κ2) is 13.6. The van der Waals surface area contributed by atoms with E-state index in [0.717, 1.165) is 44.4 Å². The molecule has 6 rings (SSSR count). The minimum absolute atomic E-state index is 0.101. The zero-order valence-corrected chi connectivity index (χ0v) is 29.9. The van der Waals surface area contributed by atoms with Gasteiger partial charge < -0.3 is 29.7 Å². The predicted molar refractivity (Wildman–Crippen MR) is 197 cm³/mol. The molecule has 3 aliphatic rings. The van der Waals surface area contributed by atoms with Crippen molar-refractivity contribution in [3.63, 3.8) is 0 Å². The molecule has 0 amide bonds. The molecule has 12 nitrogen and oxygen atoms in total. The van der Waals surface area contributed by atoms with Gasteiger partial charge in [-0.3, -0.25) is 14.6 Å². The average Bonchev–Trinajstić information content (AvgIpc) is 3.76. The number of ether oxygens (including phenoxy) is 2. The number of H-pyrrole nitrogens is 2. The number of aryl methyl sites for hydroxylation is 3. The first-order chi connectivity index (χ1) is 24.7. The fourth-order valence-electron chi connectivity index (χ4n) is 7.56. The van der Waals surface area contributed by atoms with Crippen LogP contribution in [0.4, 0.5) is 0 Å². The summed E-state index contributed by atoms with van der Waals surface area (Å²) < 4.78 is 10.4. The Morgan fingerprint density at radius 3 is 2.10 bits per heavy atom. The number of hydrogen-bond donors (Lipinski definition) is 4. The molecule has 12 heteroatoms. The SMILES string of the molecule is C=Cc1c(C)c2cc3nc(cc4[nH]c(cc5nc(cc1[nH]2)C(C)=C5CCC(=O)O)c(CCC(=O)O)c4C)C1(C)C3=CCC(C(=O)OC)=C1C(=O)OC. The monoisotopic (exact) mass is 704 g/mol. The number of aromatic nitrogens is 4. The first kappa shape index (κ1) is 35.8. The van der Waals surface area contributed by atoms with Gasteiger partial charge >= 0.3 is 23.9 Å². The van der Waals surface area contributed by atoms with Gasteiger partial charge in [-0.2, -0.15) is 0 Å². The van der Waals surface area contributed by atoms with Crippen molar-refractivity contribution in [3.8, 4) is 0 Å². The molecule has 8 bridgehead atoms. The van der Waals surface area contributed by atoms with Gasteiger partial charge in [0, 0.05) is 40.5 Å². The zero-order chi connectivity index (χ0) is 37.6. The van der Waals surface area contributed by atoms with Crippen LogP contribution in [0, 0.1) is 13.8 Å². The number of carbonyl (C=O) groups excluding carboxylic acids is 2. The molecule has 5 heterocycles. The van der Waals surface area contributed by atoms with E-state index in [1.807, 2.05) is 58.0 Å². The van der Waals surface area contributed by atoms with Gasteiger partial charge in [-0.1, -0.05) is 18.7 Å². The normalized spacial score (nSPS) is 16.7. The third-order valence-corrected chi connectivity index (χ3v) is 10.4. The topological polar surface area (TPSA) is 185 Å². The van der Waals surface area contributed by atoms with Crippen LogP contribution >= 0.6 is 0 Å². The van der Waals surface area contributed by atoms with Crippen LogP contribution in [0.25, 0.3) is 44.9 Å². The van der Waals surface area contributed by atoms with Gasteiger partial charge in [-0.15, -0.1) is 0 Å². The highest BCUT2D eigenvalue weighted by molar-refractivity contribution is 6.07. The number of nitrogens with one attached hydrogen (secondary N) is 2. The second-order valence-corrected chi connectivity index (χ2v) is 13.3. The highest BCUT2D eigenvalue weighted by atomic mass is 16.5. The number of carboxylic acid groups (broad SMARTS) is 2. The number of nitrogens with zero attached hydrogens (tertiary/aromatic N) is 2. The van der Waals surface area contributed by atoms with Crippen LogP contribution in [0.1, 0.15) is 84.6 Å². The number of aliphatic carboxylic acids is 2. The highest BCUT2D eigenvalue weighted by Crippen LogP contribution is 2.51. The van der Waals surface area contributed by atoms with Crippen molar-refractivity contribution in [1.29, 1.82) is 0 Å². The lowest BCUT2D eigenvalue weighted by atomic mass is 9.68. The quantitative estimate of drug-likeness (QED) is 0.173. The lowest BCUT2D eigenvalue weighted by Crippen LogP contribution is -2.34. The number of esters is 2. The van der Waals surface area contributed by atoms with Crippen molar-refractivity contribution in [2.45, 2.75) is 65.2 Å². The zero-order valence-electron chi connectivity index (χ0n) is 29.9. The highest BCUT2D eigenvalue weighted by Gasteiger charge is 2.49. The maximum atomic E-state index is 13.6. The van der Waals surface area contributed by atoms with E-state index < -0.39 is 29.3 Å². The summed E-state index contributed by atoms with van der Waals surface area (Å²) >= 11 is 0. The number of methoxy groups -OCH3 is 2. The number of fused-ring (bicyclic) bond motifs is 11. The van der Waals surface area contributed by atoms with E-state index in [4.69, 9.17) is 19.4 Å². The summed E-state index contributed by atoms with van der Waals surface area (Å²) in [5.74, 6) is -3.24. The predicted octanol–water partition coefficient (Wildman–Crippen LogP) is 6.77. The largest absolute Gasteiger partial charge is 0.481 e. The lowest BCUT2D eigenvalue weighted by Gasteiger charge is -2.32. The Bertz CT molecular complexity index is 2370. The lowest BCUT2D eigenvalue weighted by molar-refractivity contribution is -0.139. The van der Waals surface area contributed by atoms with Crippen molar-refractivity contribution >= 4 is 68.7 Å². The summed E-state index contributed by atoms with van der Waals surface area (Å²) in [5, 5.41) is 19.2. The third-order valence-electron chi connectivity index (χ3n) is 10.4. The van der Waals surface area contributed by atoms with E-state index in [-0.39, 0.29) is 43.3 Å². The van der Waals surface area contributed by atoms with Crippen LogP contribution in [0.15, 0.2) is 48.1 Å². The van der Waals surface area contributed by atoms with Crippen molar-refractivity contribution in [2.24, 2.45) is 0 Å². The molecule has 1 atom stereocenters. The summed E-state index contributed by atoms with van der Waals surface area (Å²) in [4.78, 5) is 67.3. The fraction of sp³-hybridized carbons (Fsp3) is 0.300. The first-order valence-electron chi connectivity index (χ1n) is 16.9. The van der Waals surface area contributed by atoms with Crippen LogP contribution in [0.3, 0.4) is 0 Å². The summed E-state index contributed by atoms with van der Waals surface area (Å²) in [6.07, 6.45) is 3.97. The van der Waals surface area contributed by atoms with E-state index in [9.17, 15) is 29.4 Å². The van der Waals surface area contributed by atoms with Gasteiger partial charge in [0.15, 0.2) is 0 Å². The van der Waals surface area contributed by atoms with Crippen molar-refractivity contribution in [1.82, 2.24) is 19.9 Å². The minimum Gasteiger partial charge on any atom is -0.481 e. The Labute approximate surface area is 299 Å². The van der Waals surface area contributed by atoms with Crippen LogP contribution in [-0.2, 0) is 40.5 Å². The molecule has 268 valence electrons. The molecule has 1 aliphatic carbocycles. The van der Waals surface area contributed by atoms with E-state index in [1.165, 1.54) is 14.2 Å². The van der Waals surface area contributed by atoms with E-state index in [1.54, 1.807) is 6.08 Å². The molecule has 52 heavy (non-hydrogen) atoms. The minimum atomic E-state index is -1.24. The average molecular weight is 705 g/mol. The van der Waals surface area contributed by atoms with Gasteiger partial charge in [-0.25, -0.2) is 14.6 Å². The first-order valence-corrected chi connectivity index (χ1v) is 16.9. The molecule has 0 fully saturated rings. The molecule has 0 spiro atoms. The van der Waals surface area contributed by atoms with Crippen molar-refractivity contribution in [2.75, 3.05) is 14.2 Å². The Balaban J connectivity index is 1.79. The van der Waals surface area contributed by atoms with E-state index >= 15 is 0 Å². The van der Waals surface area contributed by atoms with Crippen LogP contribution in [0.5, 0.6) is 0 Å². The number of aromatic amines is 2. The number of hydrogen-bond acceptors (Lipinski definition) is 8. The van der Waals surface area contributed by atoms with Gasteiger partial charge in [0.25, 0.3) is 0 Å². The maximum Gasteiger partial charge on any atom is 0.335 e. The molecule has 2 aliphatic heterocycles. The number of rotatable bonds is 9. The third kappa shape index (κ3) is 5.93. The van der Waals surface area contributed by atoms with E-state index in [2.05, 4.69) is 16.5 Å². The van der Waals surface area contributed by atoms with Crippen molar-refractivity contribution < 1.29 is 38.9 Å². The standard InChI is InChI=1S/C40H40N4O8/c1-8-22-19(2)28-16-33-26-12-9-25(38(49)51-6)37(39(50)52-7)40(26,5)34(44-33)18-29-21(4)24(11-14-36(47)48)32(43-29)17-31-23(10-13-35(45)46)20(3)27(42-31)15-30(22)41-28/h8,12,15-18,41,43H,1,9-11,13-14H2,2-7H3,(H,45,46)(H,47,48). The summed E-state index contributed by atoms with van der Waals surface area (Å²) in [6.45, 7) is 11.6. The number of allylic oxidation sites excluding steroid dienone is 4. The van der Waals surface area contributed by atoms with Gasteiger partial charge in [0.1, 0.15) is 0 Å². The summed E-state index contributed by atoms with van der Waals surface area (Å²) in [6, 6.07) is 7.46. The molecular weight excluding hydrogens is 664 g/mol. The number of carbonyl (C=O) groups is 4. The molecule has 3 aromatic heterocycles. The maximum absolute atomic E-state index is 13.6. The number of carboxylic acids is 2.